The first-order valence-electron chi connectivity index (χ1n) is 12.6. The van der Waals surface area contributed by atoms with Gasteiger partial charge in [-0.25, -0.2) is 0 Å². The molecule has 9 heteroatoms. The fraction of sp³-hybridized carbons (Fsp3) is 0.310. The predicted octanol–water partition coefficient (Wildman–Crippen LogP) is 3.16. The standard InChI is InChI=1S/C29H29N3O5.H2S/c33-25-23(10-6-16-30-25)26(34)31-20-13-17-32(18-14-20)27(35)22-12-15-29(28(36)37,19-7-2-1-3-8-19)24-11-5-4-9-21(22)24;/h1-11,16,20,22H,12-15,17-18H2,(H,30,33)(H,31,34)(H,36,37);1H2/t22-,29+;/m0./s1. The molecule has 1 aliphatic carbocycles. The number of H-pyrrole nitrogens is 1. The van der Waals surface area contributed by atoms with Crippen molar-refractivity contribution in [2.75, 3.05) is 13.1 Å². The van der Waals surface area contributed by atoms with E-state index in [0.717, 1.165) is 11.1 Å². The zero-order valence-corrected chi connectivity index (χ0v) is 21.9. The summed E-state index contributed by atoms with van der Waals surface area (Å²) in [7, 11) is 0. The smallest absolute Gasteiger partial charge is 0.318 e. The van der Waals surface area contributed by atoms with Gasteiger partial charge in [-0.15, -0.1) is 0 Å². The van der Waals surface area contributed by atoms with Crippen molar-refractivity contribution in [3.05, 3.63) is 106 Å². The Morgan fingerprint density at radius 1 is 0.921 bits per heavy atom. The lowest BCUT2D eigenvalue weighted by molar-refractivity contribution is -0.144. The molecule has 0 saturated carbocycles. The van der Waals surface area contributed by atoms with E-state index < -0.39 is 28.8 Å². The summed E-state index contributed by atoms with van der Waals surface area (Å²) in [4.78, 5) is 55.1. The second-order valence-electron chi connectivity index (χ2n) is 9.74. The highest BCUT2D eigenvalue weighted by molar-refractivity contribution is 7.59. The van der Waals surface area contributed by atoms with E-state index in [0.29, 0.717) is 44.3 Å². The van der Waals surface area contributed by atoms with Gasteiger partial charge >= 0.3 is 5.97 Å². The molecule has 3 N–H and O–H groups in total. The van der Waals surface area contributed by atoms with E-state index in [9.17, 15) is 24.3 Å². The average Bonchev–Trinajstić information content (AvgIpc) is 2.93. The molecule has 0 radical (unpaired) electrons. The van der Waals surface area contributed by atoms with Crippen molar-refractivity contribution in [3.63, 3.8) is 0 Å². The van der Waals surface area contributed by atoms with Crippen molar-refractivity contribution in [2.24, 2.45) is 0 Å². The lowest BCUT2D eigenvalue weighted by Gasteiger charge is -2.41. The van der Waals surface area contributed by atoms with E-state index >= 15 is 0 Å². The number of carbonyl (C=O) groups excluding carboxylic acids is 2. The van der Waals surface area contributed by atoms with Gasteiger partial charge in [0.15, 0.2) is 0 Å². The molecule has 2 aliphatic rings. The molecule has 1 aromatic heterocycles. The number of likely N-dealkylation sites (tertiary alicyclic amines) is 1. The number of aromatic amines is 1. The van der Waals surface area contributed by atoms with Crippen LogP contribution >= 0.6 is 13.5 Å². The van der Waals surface area contributed by atoms with E-state index in [1.165, 1.54) is 12.3 Å². The van der Waals surface area contributed by atoms with Gasteiger partial charge < -0.3 is 20.3 Å². The molecule has 38 heavy (non-hydrogen) atoms. The number of carboxylic acid groups (broad SMARTS) is 1. The lowest BCUT2D eigenvalue weighted by atomic mass is 9.63. The molecular formula is C29H31N3O5S. The van der Waals surface area contributed by atoms with E-state index in [1.807, 2.05) is 59.5 Å². The zero-order valence-electron chi connectivity index (χ0n) is 20.9. The van der Waals surface area contributed by atoms with Crippen LogP contribution in [0.15, 0.2) is 77.7 Å². The number of aromatic nitrogens is 1. The molecule has 0 unspecified atom stereocenters. The first-order valence-corrected chi connectivity index (χ1v) is 12.6. The Bertz CT molecular complexity index is 1380. The first kappa shape index (κ1) is 27.2. The van der Waals surface area contributed by atoms with Gasteiger partial charge in [-0.1, -0.05) is 54.6 Å². The Morgan fingerprint density at radius 2 is 1.61 bits per heavy atom. The number of carboxylic acids is 1. The number of fused-ring (bicyclic) bond motifs is 1. The lowest BCUT2D eigenvalue weighted by Crippen LogP contribution is -2.49. The molecule has 3 aromatic rings. The van der Waals surface area contributed by atoms with E-state index in [4.69, 9.17) is 0 Å². The van der Waals surface area contributed by atoms with Gasteiger partial charge in [0.25, 0.3) is 11.5 Å². The van der Waals surface area contributed by atoms with Crippen molar-refractivity contribution in [3.8, 4) is 0 Å². The number of aliphatic carboxylic acids is 1. The maximum absolute atomic E-state index is 13.7. The number of benzene rings is 2. The highest BCUT2D eigenvalue weighted by Gasteiger charge is 2.49. The highest BCUT2D eigenvalue weighted by Crippen LogP contribution is 2.47. The number of nitrogens with zero attached hydrogens (tertiary/aromatic N) is 1. The normalized spacial score (nSPS) is 21.1. The Kier molecular flexibility index (Phi) is 8.06. The largest absolute Gasteiger partial charge is 0.480 e. The summed E-state index contributed by atoms with van der Waals surface area (Å²) in [6.07, 6.45) is 3.41. The Morgan fingerprint density at radius 3 is 2.29 bits per heavy atom. The number of carbonyl (C=O) groups is 3. The maximum atomic E-state index is 13.7. The van der Waals surface area contributed by atoms with Crippen LogP contribution in [0, 0.1) is 0 Å². The van der Waals surface area contributed by atoms with Gasteiger partial charge in [0.05, 0.1) is 5.92 Å². The Hall–Kier alpha value is -3.85. The van der Waals surface area contributed by atoms with Crippen molar-refractivity contribution < 1.29 is 19.5 Å². The minimum absolute atomic E-state index is 0. The van der Waals surface area contributed by atoms with Crippen molar-refractivity contribution >= 4 is 31.3 Å². The van der Waals surface area contributed by atoms with Crippen LogP contribution in [0.25, 0.3) is 0 Å². The van der Waals surface area contributed by atoms with Crippen LogP contribution < -0.4 is 10.9 Å². The molecule has 0 spiro atoms. The van der Waals surface area contributed by atoms with Gasteiger partial charge in [0.2, 0.25) is 5.91 Å². The number of nitrogens with one attached hydrogen (secondary N) is 2. The summed E-state index contributed by atoms with van der Waals surface area (Å²) < 4.78 is 0. The molecule has 0 bridgehead atoms. The number of amides is 2. The molecule has 1 fully saturated rings. The minimum atomic E-state index is -1.19. The van der Waals surface area contributed by atoms with E-state index in [1.54, 1.807) is 6.07 Å². The molecule has 2 heterocycles. The predicted molar refractivity (Wildman–Crippen MR) is 148 cm³/mol. The summed E-state index contributed by atoms with van der Waals surface area (Å²) >= 11 is 0. The topological polar surface area (TPSA) is 120 Å². The SMILES string of the molecule is O=C(NC1CCN(C(=O)[C@H]2CC[C@@](C(=O)O)(c3ccccc3)c3ccccc32)CC1)c1ccc[nH]c1=O.S. The minimum Gasteiger partial charge on any atom is -0.480 e. The summed E-state index contributed by atoms with van der Waals surface area (Å²) in [5.41, 5.74) is 0.602. The monoisotopic (exact) mass is 533 g/mol. The van der Waals surface area contributed by atoms with Crippen LogP contribution in [-0.4, -0.2) is 51.9 Å². The van der Waals surface area contributed by atoms with Crippen molar-refractivity contribution in [1.29, 1.82) is 0 Å². The van der Waals surface area contributed by atoms with Gasteiger partial charge in [0, 0.05) is 25.3 Å². The third-order valence-electron chi connectivity index (χ3n) is 7.74. The van der Waals surface area contributed by atoms with Crippen LogP contribution in [0.3, 0.4) is 0 Å². The number of hydrogen-bond acceptors (Lipinski definition) is 4. The van der Waals surface area contributed by atoms with E-state index in [-0.39, 0.29) is 31.0 Å². The van der Waals surface area contributed by atoms with Gasteiger partial charge in [-0.3, -0.25) is 19.2 Å². The van der Waals surface area contributed by atoms with Crippen LogP contribution in [-0.2, 0) is 15.0 Å². The molecule has 1 aliphatic heterocycles. The third kappa shape index (κ3) is 4.86. The maximum Gasteiger partial charge on any atom is 0.318 e. The fourth-order valence-corrected chi connectivity index (χ4v) is 5.79. The highest BCUT2D eigenvalue weighted by atomic mass is 32.1. The number of hydrogen-bond donors (Lipinski definition) is 3. The fourth-order valence-electron chi connectivity index (χ4n) is 5.79. The van der Waals surface area contributed by atoms with Crippen LogP contribution in [0.1, 0.15) is 58.6 Å². The van der Waals surface area contributed by atoms with Crippen molar-refractivity contribution in [2.45, 2.75) is 43.1 Å². The summed E-state index contributed by atoms with van der Waals surface area (Å²) in [5, 5.41) is 13.3. The molecule has 2 aromatic carbocycles. The Labute approximate surface area is 227 Å². The van der Waals surface area contributed by atoms with Crippen LogP contribution in [0.2, 0.25) is 0 Å². The van der Waals surface area contributed by atoms with Gasteiger partial charge in [-0.2, -0.15) is 13.5 Å². The molecule has 5 rings (SSSR count). The summed E-state index contributed by atoms with van der Waals surface area (Å²) in [5.74, 6) is -1.75. The van der Waals surface area contributed by atoms with Crippen molar-refractivity contribution in [1.82, 2.24) is 15.2 Å². The molecule has 1 saturated heterocycles. The number of rotatable bonds is 5. The summed E-state index contributed by atoms with van der Waals surface area (Å²) in [6.45, 7) is 0.965. The molecule has 198 valence electrons. The second kappa shape index (κ2) is 11.3. The molecular weight excluding hydrogens is 502 g/mol. The number of pyridine rings is 1. The number of piperidine rings is 1. The average molecular weight is 534 g/mol. The second-order valence-corrected chi connectivity index (χ2v) is 9.74. The van der Waals surface area contributed by atoms with Gasteiger partial charge in [0.1, 0.15) is 11.0 Å². The third-order valence-corrected chi connectivity index (χ3v) is 7.74. The zero-order chi connectivity index (χ0) is 26.0. The Balaban J connectivity index is 0.00000336. The summed E-state index contributed by atoms with van der Waals surface area (Å²) in [6, 6.07) is 19.6. The molecule has 2 atom stereocenters. The molecule has 2 amide bonds. The van der Waals surface area contributed by atoms with Crippen LogP contribution in [0.4, 0.5) is 0 Å². The van der Waals surface area contributed by atoms with E-state index in [2.05, 4.69) is 10.3 Å². The van der Waals surface area contributed by atoms with Crippen LogP contribution in [0.5, 0.6) is 0 Å². The first-order chi connectivity index (χ1) is 17.9. The molecule has 8 nitrogen and oxygen atoms in total. The van der Waals surface area contributed by atoms with Gasteiger partial charge in [-0.05, 0) is 54.5 Å². The quantitative estimate of drug-likeness (QED) is 0.466.